The first-order valence-electron chi connectivity index (χ1n) is 6.00. The van der Waals surface area contributed by atoms with Gasteiger partial charge in [-0.3, -0.25) is 4.79 Å². The van der Waals surface area contributed by atoms with Crippen molar-refractivity contribution in [2.45, 2.75) is 25.7 Å². The van der Waals surface area contributed by atoms with Gasteiger partial charge in [-0.05, 0) is 24.5 Å². The topological polar surface area (TPSA) is 76.0 Å². The van der Waals surface area contributed by atoms with Crippen LogP contribution in [0.1, 0.15) is 24.8 Å². The van der Waals surface area contributed by atoms with Gasteiger partial charge in [0.15, 0.2) is 11.5 Å². The molecule has 0 fully saturated rings. The maximum atomic E-state index is 10.4. The van der Waals surface area contributed by atoms with Crippen LogP contribution in [0.5, 0.6) is 17.2 Å². The van der Waals surface area contributed by atoms with Crippen molar-refractivity contribution in [3.05, 3.63) is 17.7 Å². The first kappa shape index (κ1) is 12.5. The number of hydrogen-bond acceptors (Lipinski definition) is 4. The third-order valence-corrected chi connectivity index (χ3v) is 2.79. The fraction of sp³-hybridized carbons (Fsp3) is 0.462. The summed E-state index contributed by atoms with van der Waals surface area (Å²) in [5, 5.41) is 18.4. The van der Waals surface area contributed by atoms with E-state index in [1.54, 1.807) is 6.07 Å². The Hall–Kier alpha value is -1.91. The number of phenolic OH excluding ortho intramolecular Hbond substituents is 1. The Balaban J connectivity index is 2.11. The van der Waals surface area contributed by atoms with Gasteiger partial charge in [0.2, 0.25) is 0 Å². The lowest BCUT2D eigenvalue weighted by Gasteiger charge is -2.11. The van der Waals surface area contributed by atoms with E-state index in [2.05, 4.69) is 0 Å². The Labute approximate surface area is 105 Å². The van der Waals surface area contributed by atoms with Crippen molar-refractivity contribution in [1.29, 1.82) is 0 Å². The van der Waals surface area contributed by atoms with Gasteiger partial charge in [-0.2, -0.15) is 0 Å². The highest BCUT2D eigenvalue weighted by atomic mass is 16.5. The number of rotatable bonds is 4. The van der Waals surface area contributed by atoms with Crippen LogP contribution in [0.3, 0.4) is 0 Å². The maximum absolute atomic E-state index is 10.4. The van der Waals surface area contributed by atoms with Gasteiger partial charge in [-0.25, -0.2) is 0 Å². The molecule has 0 saturated heterocycles. The zero-order chi connectivity index (χ0) is 13.0. The van der Waals surface area contributed by atoms with Crippen LogP contribution in [0.15, 0.2) is 12.1 Å². The molecule has 1 aliphatic heterocycles. The highest BCUT2D eigenvalue weighted by Crippen LogP contribution is 2.36. The minimum atomic E-state index is -0.830. The van der Waals surface area contributed by atoms with E-state index in [0.717, 1.165) is 6.42 Å². The largest absolute Gasteiger partial charge is 0.508 e. The standard InChI is InChI=1S/C13H16O5/c14-10-8-12-11(17-5-2-6-18-12)7-9(10)3-1-4-13(15)16/h7-8,14H,1-6H2,(H,15,16). The van der Waals surface area contributed by atoms with Crippen LogP contribution in [0.25, 0.3) is 0 Å². The lowest BCUT2D eigenvalue weighted by Crippen LogP contribution is -1.98. The molecule has 2 rings (SSSR count). The Morgan fingerprint density at radius 2 is 1.89 bits per heavy atom. The van der Waals surface area contributed by atoms with Crippen molar-refractivity contribution >= 4 is 5.97 Å². The van der Waals surface area contributed by atoms with Gasteiger partial charge in [0.05, 0.1) is 13.2 Å². The second-order valence-corrected chi connectivity index (χ2v) is 4.23. The smallest absolute Gasteiger partial charge is 0.303 e. The molecule has 0 bridgehead atoms. The monoisotopic (exact) mass is 252 g/mol. The molecule has 0 radical (unpaired) electrons. The van der Waals surface area contributed by atoms with Crippen LogP contribution in [0, 0.1) is 0 Å². The molecular formula is C13H16O5. The predicted octanol–water partition coefficient (Wildman–Crippen LogP) is 1.96. The third kappa shape index (κ3) is 3.06. The minimum Gasteiger partial charge on any atom is -0.508 e. The highest BCUT2D eigenvalue weighted by molar-refractivity contribution is 5.66. The van der Waals surface area contributed by atoms with Gasteiger partial charge in [-0.1, -0.05) is 0 Å². The van der Waals surface area contributed by atoms with E-state index in [0.29, 0.717) is 43.1 Å². The summed E-state index contributed by atoms with van der Waals surface area (Å²) < 4.78 is 11.0. The van der Waals surface area contributed by atoms with E-state index in [1.807, 2.05) is 0 Å². The number of aromatic hydroxyl groups is 1. The van der Waals surface area contributed by atoms with Crippen molar-refractivity contribution in [1.82, 2.24) is 0 Å². The molecule has 1 aromatic carbocycles. The Kier molecular flexibility index (Phi) is 3.92. The SMILES string of the molecule is O=C(O)CCCc1cc2c(cc1O)OCCCO2. The number of aryl methyl sites for hydroxylation is 1. The maximum Gasteiger partial charge on any atom is 0.303 e. The Morgan fingerprint density at radius 3 is 2.56 bits per heavy atom. The number of ether oxygens (including phenoxy) is 2. The highest BCUT2D eigenvalue weighted by Gasteiger charge is 2.14. The van der Waals surface area contributed by atoms with Gasteiger partial charge in [0, 0.05) is 18.9 Å². The molecule has 0 aromatic heterocycles. The van der Waals surface area contributed by atoms with E-state index >= 15 is 0 Å². The second kappa shape index (κ2) is 5.62. The summed E-state index contributed by atoms with van der Waals surface area (Å²) in [5.74, 6) is 0.469. The Morgan fingerprint density at radius 1 is 1.22 bits per heavy atom. The molecule has 0 atom stereocenters. The number of carboxylic acids is 1. The van der Waals surface area contributed by atoms with E-state index in [-0.39, 0.29) is 12.2 Å². The molecule has 5 nitrogen and oxygen atoms in total. The molecule has 18 heavy (non-hydrogen) atoms. The number of aliphatic carboxylic acids is 1. The van der Waals surface area contributed by atoms with Crippen molar-refractivity contribution in [2.75, 3.05) is 13.2 Å². The predicted molar refractivity (Wildman–Crippen MR) is 64.3 cm³/mol. The summed E-state index contributed by atoms with van der Waals surface area (Å²) >= 11 is 0. The summed E-state index contributed by atoms with van der Waals surface area (Å²) in [6.45, 7) is 1.16. The quantitative estimate of drug-likeness (QED) is 0.856. The van der Waals surface area contributed by atoms with Crippen molar-refractivity contribution in [2.24, 2.45) is 0 Å². The van der Waals surface area contributed by atoms with Gasteiger partial charge in [0.1, 0.15) is 5.75 Å². The molecule has 1 aromatic rings. The molecular weight excluding hydrogens is 236 g/mol. The molecule has 5 heteroatoms. The normalized spacial score (nSPS) is 14.0. The zero-order valence-electron chi connectivity index (χ0n) is 10.0. The summed E-state index contributed by atoms with van der Waals surface area (Å²) in [5.41, 5.74) is 0.695. The number of hydrogen-bond donors (Lipinski definition) is 2. The van der Waals surface area contributed by atoms with Gasteiger partial charge in [0.25, 0.3) is 0 Å². The lowest BCUT2D eigenvalue weighted by molar-refractivity contribution is -0.137. The average molecular weight is 252 g/mol. The van der Waals surface area contributed by atoms with Crippen LogP contribution >= 0.6 is 0 Å². The number of carbonyl (C=O) groups is 1. The number of carboxylic acid groups (broad SMARTS) is 1. The average Bonchev–Trinajstić information content (AvgIpc) is 2.53. The molecule has 0 spiro atoms. The van der Waals surface area contributed by atoms with Crippen molar-refractivity contribution in [3.8, 4) is 17.2 Å². The third-order valence-electron chi connectivity index (χ3n) is 2.79. The Bertz CT molecular complexity index is 441. The number of benzene rings is 1. The summed E-state index contributed by atoms with van der Waals surface area (Å²) in [7, 11) is 0. The molecule has 2 N–H and O–H groups in total. The van der Waals surface area contributed by atoms with Crippen LogP contribution in [0.4, 0.5) is 0 Å². The second-order valence-electron chi connectivity index (χ2n) is 4.23. The fourth-order valence-corrected chi connectivity index (χ4v) is 1.87. The van der Waals surface area contributed by atoms with Gasteiger partial charge >= 0.3 is 5.97 Å². The lowest BCUT2D eigenvalue weighted by atomic mass is 10.1. The molecule has 0 amide bonds. The first-order valence-corrected chi connectivity index (χ1v) is 6.00. The number of phenols is 1. The van der Waals surface area contributed by atoms with Crippen molar-refractivity contribution < 1.29 is 24.5 Å². The first-order chi connectivity index (χ1) is 8.66. The van der Waals surface area contributed by atoms with E-state index in [4.69, 9.17) is 14.6 Å². The van der Waals surface area contributed by atoms with E-state index in [9.17, 15) is 9.90 Å². The molecule has 1 aliphatic rings. The molecule has 1 heterocycles. The molecule has 0 unspecified atom stereocenters. The van der Waals surface area contributed by atoms with Crippen LogP contribution in [0.2, 0.25) is 0 Å². The van der Waals surface area contributed by atoms with Gasteiger partial charge < -0.3 is 19.7 Å². The summed E-state index contributed by atoms with van der Waals surface area (Å²) in [4.78, 5) is 10.4. The zero-order valence-corrected chi connectivity index (χ0v) is 10.0. The van der Waals surface area contributed by atoms with E-state index < -0.39 is 5.97 Å². The minimum absolute atomic E-state index is 0.0912. The van der Waals surface area contributed by atoms with Crippen LogP contribution in [-0.2, 0) is 11.2 Å². The van der Waals surface area contributed by atoms with Gasteiger partial charge in [-0.15, -0.1) is 0 Å². The molecule has 0 saturated carbocycles. The summed E-state index contributed by atoms with van der Waals surface area (Å²) in [6, 6.07) is 3.27. The van der Waals surface area contributed by atoms with Crippen LogP contribution < -0.4 is 9.47 Å². The number of fused-ring (bicyclic) bond motifs is 1. The fourth-order valence-electron chi connectivity index (χ4n) is 1.87. The van der Waals surface area contributed by atoms with E-state index in [1.165, 1.54) is 6.07 Å². The molecule has 98 valence electrons. The van der Waals surface area contributed by atoms with Crippen molar-refractivity contribution in [3.63, 3.8) is 0 Å². The summed E-state index contributed by atoms with van der Waals surface area (Å²) in [6.07, 6.45) is 1.90. The van der Waals surface area contributed by atoms with Crippen LogP contribution in [-0.4, -0.2) is 29.4 Å². The molecule has 0 aliphatic carbocycles.